The zero-order valence-electron chi connectivity index (χ0n) is 14.5. The van der Waals surface area contributed by atoms with Crippen LogP contribution >= 0.6 is 11.6 Å². The number of halogens is 1. The SMILES string of the molecule is CC(=O)Nc1cc(S(N)(=O)=O)c(-n2cc(C#N)cn2)cc1-c1ccccc1Cl. The summed E-state index contributed by atoms with van der Waals surface area (Å²) in [6.45, 7) is 1.30. The highest BCUT2D eigenvalue weighted by atomic mass is 35.5. The van der Waals surface area contributed by atoms with E-state index >= 15 is 0 Å². The maximum absolute atomic E-state index is 12.2. The van der Waals surface area contributed by atoms with Crippen LogP contribution in [-0.2, 0) is 14.8 Å². The molecule has 0 aliphatic heterocycles. The molecule has 10 heteroatoms. The third kappa shape index (κ3) is 3.89. The quantitative estimate of drug-likeness (QED) is 0.676. The van der Waals surface area contributed by atoms with E-state index in [2.05, 4.69) is 10.4 Å². The summed E-state index contributed by atoms with van der Waals surface area (Å²) in [5, 5.41) is 21.5. The topological polar surface area (TPSA) is 131 Å². The van der Waals surface area contributed by atoms with Gasteiger partial charge in [-0.05, 0) is 18.2 Å². The van der Waals surface area contributed by atoms with E-state index in [-0.39, 0.29) is 21.8 Å². The number of hydrogen-bond donors (Lipinski definition) is 2. The molecule has 3 aromatic rings. The molecule has 0 saturated heterocycles. The number of nitriles is 1. The van der Waals surface area contributed by atoms with Crippen LogP contribution in [0.4, 0.5) is 5.69 Å². The largest absolute Gasteiger partial charge is 0.326 e. The summed E-state index contributed by atoms with van der Waals surface area (Å²) in [5.41, 5.74) is 1.62. The Bertz CT molecular complexity index is 1230. The number of hydrogen-bond acceptors (Lipinski definition) is 5. The second kappa shape index (κ2) is 7.44. The molecule has 0 spiro atoms. The molecule has 3 N–H and O–H groups in total. The summed E-state index contributed by atoms with van der Waals surface area (Å²) in [6.07, 6.45) is 2.67. The van der Waals surface area contributed by atoms with Crippen LogP contribution in [0.1, 0.15) is 12.5 Å². The van der Waals surface area contributed by atoms with Gasteiger partial charge in [-0.1, -0.05) is 29.8 Å². The first-order valence-corrected chi connectivity index (χ1v) is 9.81. The average molecular weight is 416 g/mol. The highest BCUT2D eigenvalue weighted by Crippen LogP contribution is 2.37. The Hall–Kier alpha value is -3.19. The molecule has 0 aliphatic carbocycles. The fourth-order valence-electron chi connectivity index (χ4n) is 2.68. The second-order valence-corrected chi connectivity index (χ2v) is 7.79. The van der Waals surface area contributed by atoms with Gasteiger partial charge in [-0.15, -0.1) is 0 Å². The Morgan fingerprint density at radius 1 is 1.29 bits per heavy atom. The van der Waals surface area contributed by atoms with Gasteiger partial charge in [0, 0.05) is 29.3 Å². The molecule has 142 valence electrons. The van der Waals surface area contributed by atoms with Crippen molar-refractivity contribution in [3.63, 3.8) is 0 Å². The van der Waals surface area contributed by atoms with E-state index in [1.807, 2.05) is 6.07 Å². The first-order chi connectivity index (χ1) is 13.2. The molecule has 2 aromatic carbocycles. The lowest BCUT2D eigenvalue weighted by Crippen LogP contribution is -2.17. The Labute approximate surface area is 166 Å². The average Bonchev–Trinajstić information content (AvgIpc) is 3.10. The molecule has 0 bridgehead atoms. The molecule has 1 aromatic heterocycles. The molecular formula is C18H14ClN5O3S. The van der Waals surface area contributed by atoms with Crippen LogP contribution in [0.3, 0.4) is 0 Å². The summed E-state index contributed by atoms with van der Waals surface area (Å²) in [5.74, 6) is -0.396. The number of sulfonamides is 1. The molecule has 0 atom stereocenters. The summed E-state index contributed by atoms with van der Waals surface area (Å²) >= 11 is 6.30. The third-order valence-corrected chi connectivity index (χ3v) is 5.11. The number of carbonyl (C=O) groups is 1. The number of anilines is 1. The molecule has 28 heavy (non-hydrogen) atoms. The summed E-state index contributed by atoms with van der Waals surface area (Å²) < 4.78 is 25.6. The number of amides is 1. The Kier molecular flexibility index (Phi) is 5.20. The van der Waals surface area contributed by atoms with Gasteiger partial charge >= 0.3 is 0 Å². The van der Waals surface area contributed by atoms with Gasteiger partial charge in [0.25, 0.3) is 0 Å². The number of nitrogens with two attached hydrogens (primary N) is 1. The molecule has 0 radical (unpaired) electrons. The molecule has 8 nitrogen and oxygen atoms in total. The fourth-order valence-corrected chi connectivity index (χ4v) is 3.65. The number of primary sulfonamides is 1. The van der Waals surface area contributed by atoms with E-state index in [1.54, 1.807) is 24.3 Å². The first kappa shape index (κ1) is 19.6. The number of nitrogens with zero attached hydrogens (tertiary/aromatic N) is 3. The molecule has 0 unspecified atom stereocenters. The van der Waals surface area contributed by atoms with Crippen LogP contribution in [-0.4, -0.2) is 24.1 Å². The van der Waals surface area contributed by atoms with Crippen LogP contribution in [0.25, 0.3) is 16.8 Å². The van der Waals surface area contributed by atoms with Crippen molar-refractivity contribution in [1.82, 2.24) is 9.78 Å². The lowest BCUT2D eigenvalue weighted by molar-refractivity contribution is -0.114. The second-order valence-electron chi connectivity index (χ2n) is 5.86. The normalized spacial score (nSPS) is 11.1. The third-order valence-electron chi connectivity index (χ3n) is 3.84. The monoisotopic (exact) mass is 415 g/mol. The van der Waals surface area contributed by atoms with Crippen LogP contribution in [0.15, 0.2) is 53.7 Å². The van der Waals surface area contributed by atoms with Crippen LogP contribution in [0.2, 0.25) is 5.02 Å². The van der Waals surface area contributed by atoms with Crippen molar-refractivity contribution in [3.8, 4) is 22.9 Å². The molecule has 1 heterocycles. The van der Waals surface area contributed by atoms with Crippen molar-refractivity contribution in [3.05, 3.63) is 59.4 Å². The van der Waals surface area contributed by atoms with E-state index in [0.717, 1.165) is 0 Å². The van der Waals surface area contributed by atoms with Gasteiger partial charge in [-0.25, -0.2) is 18.2 Å². The standard InChI is InChI=1S/C18H14ClN5O3S/c1-11(25)23-16-7-18(28(21,26)27)17(24-10-12(8-20)9-22-24)6-14(16)13-4-2-3-5-15(13)19/h2-7,9-10H,1H3,(H,23,25)(H2,21,26,27). The zero-order chi connectivity index (χ0) is 20.5. The molecular weight excluding hydrogens is 402 g/mol. The molecule has 0 fully saturated rings. The van der Waals surface area contributed by atoms with E-state index in [1.165, 1.54) is 36.1 Å². The fraction of sp³-hybridized carbons (Fsp3) is 0.0556. The van der Waals surface area contributed by atoms with E-state index in [0.29, 0.717) is 16.1 Å². The smallest absolute Gasteiger partial charge is 0.240 e. The number of rotatable bonds is 4. The number of aromatic nitrogens is 2. The van der Waals surface area contributed by atoms with E-state index < -0.39 is 15.9 Å². The van der Waals surface area contributed by atoms with Crippen LogP contribution < -0.4 is 10.5 Å². The summed E-state index contributed by atoms with van der Waals surface area (Å²) in [4.78, 5) is 11.4. The molecule has 3 rings (SSSR count). The Morgan fingerprint density at radius 3 is 2.57 bits per heavy atom. The minimum absolute atomic E-state index is 0.119. The number of nitrogens with one attached hydrogen (secondary N) is 1. The Morgan fingerprint density at radius 2 is 2.00 bits per heavy atom. The maximum Gasteiger partial charge on any atom is 0.240 e. The molecule has 0 aliphatic rings. The van der Waals surface area contributed by atoms with Crippen molar-refractivity contribution in [2.45, 2.75) is 11.8 Å². The van der Waals surface area contributed by atoms with Gasteiger partial charge in [0.1, 0.15) is 11.0 Å². The van der Waals surface area contributed by atoms with E-state index in [4.69, 9.17) is 22.0 Å². The highest BCUT2D eigenvalue weighted by Gasteiger charge is 2.22. The predicted molar refractivity (Wildman–Crippen MR) is 104 cm³/mol. The predicted octanol–water partition coefficient (Wildman–Crippen LogP) is 2.67. The minimum atomic E-state index is -4.17. The Balaban J connectivity index is 2.38. The zero-order valence-corrected chi connectivity index (χ0v) is 16.1. The first-order valence-electron chi connectivity index (χ1n) is 7.89. The van der Waals surface area contributed by atoms with Crippen LogP contribution in [0, 0.1) is 11.3 Å². The van der Waals surface area contributed by atoms with E-state index in [9.17, 15) is 13.2 Å². The number of benzene rings is 2. The minimum Gasteiger partial charge on any atom is -0.326 e. The van der Waals surface area contributed by atoms with Gasteiger partial charge in [0.05, 0.1) is 23.1 Å². The summed E-state index contributed by atoms with van der Waals surface area (Å²) in [6, 6.07) is 11.6. The van der Waals surface area contributed by atoms with Gasteiger partial charge in [-0.3, -0.25) is 4.79 Å². The van der Waals surface area contributed by atoms with Gasteiger partial charge in [-0.2, -0.15) is 10.4 Å². The lowest BCUT2D eigenvalue weighted by atomic mass is 10.0. The molecule has 1 amide bonds. The number of carbonyl (C=O) groups excluding carboxylic acids is 1. The van der Waals surface area contributed by atoms with Crippen LogP contribution in [0.5, 0.6) is 0 Å². The maximum atomic E-state index is 12.2. The van der Waals surface area contributed by atoms with Crippen molar-refractivity contribution in [1.29, 1.82) is 5.26 Å². The highest BCUT2D eigenvalue weighted by molar-refractivity contribution is 7.89. The van der Waals surface area contributed by atoms with Crippen molar-refractivity contribution < 1.29 is 13.2 Å². The van der Waals surface area contributed by atoms with Crippen molar-refractivity contribution in [2.75, 3.05) is 5.32 Å². The molecule has 0 saturated carbocycles. The lowest BCUT2D eigenvalue weighted by Gasteiger charge is -2.17. The van der Waals surface area contributed by atoms with Gasteiger partial charge in [0.2, 0.25) is 15.9 Å². The van der Waals surface area contributed by atoms with Gasteiger partial charge in [0.15, 0.2) is 0 Å². The van der Waals surface area contributed by atoms with Crippen molar-refractivity contribution in [2.24, 2.45) is 5.14 Å². The van der Waals surface area contributed by atoms with Gasteiger partial charge < -0.3 is 5.32 Å². The summed E-state index contributed by atoms with van der Waals surface area (Å²) in [7, 11) is -4.17. The van der Waals surface area contributed by atoms with Crippen molar-refractivity contribution >= 4 is 33.2 Å².